The molecule has 1 saturated heterocycles. The molecule has 3 rings (SSSR count). The zero-order valence-electron chi connectivity index (χ0n) is 15.3. The highest BCUT2D eigenvalue weighted by Crippen LogP contribution is 2.38. The van der Waals surface area contributed by atoms with Crippen LogP contribution in [-0.4, -0.2) is 33.2 Å². The van der Waals surface area contributed by atoms with Crippen molar-refractivity contribution in [2.45, 2.75) is 19.2 Å². The molecule has 4 nitrogen and oxygen atoms in total. The van der Waals surface area contributed by atoms with Gasteiger partial charge < -0.3 is 19.5 Å². The Bertz CT molecular complexity index is 805. The SMILES string of the molecule is COc1cccc(-c2ccc(OC(F)(F)F)c(OCC3CCNCC3)c2)c1F. The molecule has 0 amide bonds. The summed E-state index contributed by atoms with van der Waals surface area (Å²) in [6.45, 7) is 1.95. The minimum absolute atomic E-state index is 0.0466. The predicted molar refractivity (Wildman–Crippen MR) is 96.2 cm³/mol. The van der Waals surface area contributed by atoms with Gasteiger partial charge >= 0.3 is 6.36 Å². The normalized spacial score (nSPS) is 15.3. The van der Waals surface area contributed by atoms with Gasteiger partial charge in [0.05, 0.1) is 13.7 Å². The molecule has 0 saturated carbocycles. The van der Waals surface area contributed by atoms with E-state index in [4.69, 9.17) is 9.47 Å². The molecule has 8 heteroatoms. The van der Waals surface area contributed by atoms with Crippen molar-refractivity contribution >= 4 is 0 Å². The summed E-state index contributed by atoms with van der Waals surface area (Å²) in [5, 5.41) is 3.22. The van der Waals surface area contributed by atoms with Gasteiger partial charge in [-0.15, -0.1) is 13.2 Å². The van der Waals surface area contributed by atoms with Crippen LogP contribution in [0.3, 0.4) is 0 Å². The molecule has 0 bridgehead atoms. The predicted octanol–water partition coefficient (Wildman–Crippen LogP) is 4.78. The summed E-state index contributed by atoms with van der Waals surface area (Å²) in [4.78, 5) is 0. The van der Waals surface area contributed by atoms with Gasteiger partial charge in [-0.3, -0.25) is 0 Å². The summed E-state index contributed by atoms with van der Waals surface area (Å²) >= 11 is 0. The fourth-order valence-electron chi connectivity index (χ4n) is 3.14. The largest absolute Gasteiger partial charge is 0.573 e. The molecular formula is C20H21F4NO3. The minimum atomic E-state index is -4.85. The highest BCUT2D eigenvalue weighted by atomic mass is 19.4. The van der Waals surface area contributed by atoms with Crippen molar-refractivity contribution in [2.75, 3.05) is 26.8 Å². The van der Waals surface area contributed by atoms with E-state index in [9.17, 15) is 17.6 Å². The molecule has 0 atom stereocenters. The molecule has 152 valence electrons. The molecule has 1 aliphatic heterocycles. The molecule has 28 heavy (non-hydrogen) atoms. The van der Waals surface area contributed by atoms with Gasteiger partial charge in [-0.05, 0) is 55.6 Å². The first-order chi connectivity index (χ1) is 13.4. The molecule has 0 unspecified atom stereocenters. The van der Waals surface area contributed by atoms with Crippen LogP contribution in [0.25, 0.3) is 11.1 Å². The number of benzene rings is 2. The van der Waals surface area contributed by atoms with E-state index in [-0.39, 0.29) is 29.6 Å². The van der Waals surface area contributed by atoms with E-state index in [0.717, 1.165) is 32.0 Å². The smallest absolute Gasteiger partial charge is 0.494 e. The third-order valence-electron chi connectivity index (χ3n) is 4.60. The van der Waals surface area contributed by atoms with Gasteiger partial charge in [0, 0.05) is 5.56 Å². The number of ether oxygens (including phenoxy) is 3. The summed E-state index contributed by atoms with van der Waals surface area (Å²) < 4.78 is 67.5. The summed E-state index contributed by atoms with van der Waals surface area (Å²) in [6.07, 6.45) is -3.10. The number of hydrogen-bond donors (Lipinski definition) is 1. The zero-order valence-corrected chi connectivity index (χ0v) is 15.3. The van der Waals surface area contributed by atoms with Crippen molar-refractivity contribution in [1.82, 2.24) is 5.32 Å². The van der Waals surface area contributed by atoms with Crippen molar-refractivity contribution < 1.29 is 31.8 Å². The molecule has 0 radical (unpaired) electrons. The Kier molecular flexibility index (Phi) is 6.28. The van der Waals surface area contributed by atoms with Gasteiger partial charge in [0.1, 0.15) is 0 Å². The Morgan fingerprint density at radius 3 is 2.46 bits per heavy atom. The van der Waals surface area contributed by atoms with E-state index < -0.39 is 17.9 Å². The molecule has 2 aromatic carbocycles. The number of nitrogens with one attached hydrogen (secondary N) is 1. The standard InChI is InChI=1S/C20H21F4NO3/c1-26-17-4-2-3-15(19(17)21)14-5-6-16(28-20(22,23)24)18(11-14)27-12-13-7-9-25-10-8-13/h2-6,11,13,25H,7-10,12H2,1H3. The fourth-order valence-corrected chi connectivity index (χ4v) is 3.14. The zero-order chi connectivity index (χ0) is 20.1. The van der Waals surface area contributed by atoms with Crippen LogP contribution in [0, 0.1) is 11.7 Å². The molecule has 1 heterocycles. The second-order valence-electron chi connectivity index (χ2n) is 6.54. The van der Waals surface area contributed by atoms with Gasteiger partial charge in [0.2, 0.25) is 0 Å². The maximum atomic E-state index is 14.6. The monoisotopic (exact) mass is 399 g/mol. The van der Waals surface area contributed by atoms with Crippen LogP contribution in [-0.2, 0) is 0 Å². The Balaban J connectivity index is 1.90. The van der Waals surface area contributed by atoms with E-state index in [1.165, 1.54) is 31.4 Å². The van der Waals surface area contributed by atoms with Crippen LogP contribution in [0.1, 0.15) is 12.8 Å². The number of hydrogen-bond acceptors (Lipinski definition) is 4. The molecule has 0 aromatic heterocycles. The summed E-state index contributed by atoms with van der Waals surface area (Å²) in [6, 6.07) is 8.45. The second-order valence-corrected chi connectivity index (χ2v) is 6.54. The van der Waals surface area contributed by atoms with Gasteiger partial charge in [-0.25, -0.2) is 4.39 Å². The van der Waals surface area contributed by atoms with Crippen molar-refractivity contribution in [3.63, 3.8) is 0 Å². The fraction of sp³-hybridized carbons (Fsp3) is 0.400. The maximum Gasteiger partial charge on any atom is 0.573 e. The lowest BCUT2D eigenvalue weighted by molar-refractivity contribution is -0.275. The van der Waals surface area contributed by atoms with E-state index >= 15 is 0 Å². The molecule has 2 aromatic rings. The second kappa shape index (κ2) is 8.68. The van der Waals surface area contributed by atoms with Crippen LogP contribution >= 0.6 is 0 Å². The van der Waals surface area contributed by atoms with Gasteiger partial charge in [0.25, 0.3) is 0 Å². The first-order valence-electron chi connectivity index (χ1n) is 8.93. The molecule has 1 N–H and O–H groups in total. The highest BCUT2D eigenvalue weighted by molar-refractivity contribution is 5.69. The van der Waals surface area contributed by atoms with Crippen molar-refractivity contribution in [1.29, 1.82) is 0 Å². The van der Waals surface area contributed by atoms with Crippen molar-refractivity contribution in [2.24, 2.45) is 5.92 Å². The molecule has 0 aliphatic carbocycles. The number of halogens is 4. The third kappa shape index (κ3) is 5.07. The Morgan fingerprint density at radius 1 is 1.04 bits per heavy atom. The first kappa shape index (κ1) is 20.3. The number of alkyl halides is 3. The Labute approximate surface area is 160 Å². The van der Waals surface area contributed by atoms with E-state index in [0.29, 0.717) is 5.56 Å². The summed E-state index contributed by atoms with van der Waals surface area (Å²) in [5.41, 5.74) is 0.566. The first-order valence-corrected chi connectivity index (χ1v) is 8.93. The van der Waals surface area contributed by atoms with Crippen LogP contribution < -0.4 is 19.5 Å². The third-order valence-corrected chi connectivity index (χ3v) is 4.60. The van der Waals surface area contributed by atoms with Crippen molar-refractivity contribution in [3.8, 4) is 28.4 Å². The average molecular weight is 399 g/mol. The number of methoxy groups -OCH3 is 1. The number of rotatable bonds is 6. The quantitative estimate of drug-likeness (QED) is 0.710. The Hall–Kier alpha value is -2.48. The topological polar surface area (TPSA) is 39.7 Å². The lowest BCUT2D eigenvalue weighted by Crippen LogP contribution is -2.30. The van der Waals surface area contributed by atoms with Gasteiger partial charge in [0.15, 0.2) is 23.1 Å². The van der Waals surface area contributed by atoms with Crippen LogP contribution in [0.4, 0.5) is 17.6 Å². The van der Waals surface area contributed by atoms with E-state index in [1.807, 2.05) is 0 Å². The lowest BCUT2D eigenvalue weighted by atomic mass is 9.99. The number of piperidine rings is 1. The minimum Gasteiger partial charge on any atom is -0.494 e. The lowest BCUT2D eigenvalue weighted by Gasteiger charge is -2.23. The summed E-state index contributed by atoms with van der Waals surface area (Å²) in [7, 11) is 1.34. The van der Waals surface area contributed by atoms with Crippen LogP contribution in [0.2, 0.25) is 0 Å². The van der Waals surface area contributed by atoms with E-state index in [2.05, 4.69) is 10.1 Å². The molecular weight excluding hydrogens is 378 g/mol. The van der Waals surface area contributed by atoms with Crippen LogP contribution in [0.15, 0.2) is 36.4 Å². The Morgan fingerprint density at radius 2 is 1.79 bits per heavy atom. The van der Waals surface area contributed by atoms with Gasteiger partial charge in [-0.1, -0.05) is 18.2 Å². The van der Waals surface area contributed by atoms with Crippen molar-refractivity contribution in [3.05, 3.63) is 42.2 Å². The van der Waals surface area contributed by atoms with Gasteiger partial charge in [-0.2, -0.15) is 0 Å². The van der Waals surface area contributed by atoms with Crippen LogP contribution in [0.5, 0.6) is 17.2 Å². The maximum absolute atomic E-state index is 14.6. The molecule has 1 aliphatic rings. The van der Waals surface area contributed by atoms with E-state index in [1.54, 1.807) is 6.07 Å². The molecule has 1 fully saturated rings. The highest BCUT2D eigenvalue weighted by Gasteiger charge is 2.33. The summed E-state index contributed by atoms with van der Waals surface area (Å²) in [5.74, 6) is -0.842. The average Bonchev–Trinajstić information content (AvgIpc) is 2.67. The molecule has 0 spiro atoms.